The molecule has 5 nitrogen and oxygen atoms in total. The molecule has 0 saturated heterocycles. The molecule has 0 aliphatic heterocycles. The molecule has 0 bridgehead atoms. The van der Waals surface area contributed by atoms with Crippen LogP contribution in [0.4, 0.5) is 0 Å². The fourth-order valence-corrected chi connectivity index (χ4v) is 5.39. The molecule has 0 radical (unpaired) electrons. The third-order valence-corrected chi connectivity index (χ3v) is 7.00. The molecule has 6 heteroatoms. The Kier molecular flexibility index (Phi) is 7.48. The number of hydrogen-bond acceptors (Lipinski definition) is 4. The van der Waals surface area contributed by atoms with E-state index in [9.17, 15) is 13.5 Å². The molecule has 0 heterocycles. The third-order valence-electron chi connectivity index (χ3n) is 5.22. The second-order valence-corrected chi connectivity index (χ2v) is 8.98. The molecule has 0 unspecified atom stereocenters. The summed E-state index contributed by atoms with van der Waals surface area (Å²) in [5.41, 5.74) is 2.91. The molecule has 2 aromatic carbocycles. The first kappa shape index (κ1) is 23.0. The van der Waals surface area contributed by atoms with Gasteiger partial charge >= 0.3 is 0 Å². The number of aryl methyl sites for hydroxylation is 1. The molecule has 0 saturated carbocycles. The van der Waals surface area contributed by atoms with Crippen molar-refractivity contribution in [1.29, 1.82) is 0 Å². The molecular weight excluding hydrogens is 386 g/mol. The number of hydrogen-bond donors (Lipinski definition) is 2. The quantitative estimate of drug-likeness (QED) is 0.650. The Morgan fingerprint density at radius 3 is 2.31 bits per heavy atom. The zero-order valence-corrected chi connectivity index (χ0v) is 18.4. The van der Waals surface area contributed by atoms with Crippen LogP contribution in [0.5, 0.6) is 5.75 Å². The molecule has 0 spiro atoms. The lowest BCUT2D eigenvalue weighted by molar-refractivity contribution is 0.136. The number of rotatable bonds is 8. The van der Waals surface area contributed by atoms with Gasteiger partial charge in [0.2, 0.25) is 10.0 Å². The molecule has 156 valence electrons. The number of sulfonamides is 1. The van der Waals surface area contributed by atoms with Gasteiger partial charge in [0.05, 0.1) is 24.0 Å². The average molecular weight is 416 g/mol. The topological polar surface area (TPSA) is 75.6 Å². The number of benzene rings is 2. The van der Waals surface area contributed by atoms with Crippen LogP contribution in [0.3, 0.4) is 0 Å². The molecule has 2 rings (SSSR count). The molecule has 0 aliphatic rings. The highest BCUT2D eigenvalue weighted by atomic mass is 32.2. The van der Waals surface area contributed by atoms with E-state index in [1.807, 2.05) is 37.3 Å². The van der Waals surface area contributed by atoms with Gasteiger partial charge < -0.3 is 9.84 Å². The van der Waals surface area contributed by atoms with Crippen LogP contribution in [0.25, 0.3) is 0 Å². The van der Waals surface area contributed by atoms with Crippen molar-refractivity contribution in [2.75, 3.05) is 7.11 Å². The Morgan fingerprint density at radius 1 is 1.17 bits per heavy atom. The van der Waals surface area contributed by atoms with Gasteiger partial charge in [0, 0.05) is 6.04 Å². The van der Waals surface area contributed by atoms with E-state index in [0.29, 0.717) is 23.3 Å². The summed E-state index contributed by atoms with van der Waals surface area (Å²) in [6, 6.07) is 10.5. The zero-order valence-electron chi connectivity index (χ0n) is 17.6. The Balaban J connectivity index is 2.49. The second kappa shape index (κ2) is 9.45. The van der Waals surface area contributed by atoms with Crippen molar-refractivity contribution in [2.45, 2.75) is 51.2 Å². The molecule has 0 amide bonds. The minimum atomic E-state index is -3.89. The lowest BCUT2D eigenvalue weighted by Crippen LogP contribution is -2.45. The summed E-state index contributed by atoms with van der Waals surface area (Å²) in [6.45, 7) is 6.90. The van der Waals surface area contributed by atoms with Crippen LogP contribution >= 0.6 is 0 Å². The molecule has 0 aliphatic carbocycles. The predicted molar refractivity (Wildman–Crippen MR) is 115 cm³/mol. The van der Waals surface area contributed by atoms with Crippen LogP contribution in [0.15, 0.2) is 41.3 Å². The standard InChI is InChI=1S/C23H29NO4S/c1-7-20(18(5)25)21(14-19-11-9-8-10-12-19)24-29(26,27)23-15(2)13-22(28-6)16(3)17(23)4/h1,8-13,18,20-21,24-25H,14H2,2-6H3/t18-,20+,21-/m0/s1. The van der Waals surface area contributed by atoms with Gasteiger partial charge in [0.1, 0.15) is 5.75 Å². The van der Waals surface area contributed by atoms with Gasteiger partial charge in [-0.2, -0.15) is 0 Å². The molecule has 2 aromatic rings. The van der Waals surface area contributed by atoms with Crippen molar-refractivity contribution in [3.63, 3.8) is 0 Å². The average Bonchev–Trinajstić information content (AvgIpc) is 2.65. The summed E-state index contributed by atoms with van der Waals surface area (Å²) < 4.78 is 34.8. The SMILES string of the molecule is C#C[C@H]([C@H](C)O)[C@H](Cc1ccccc1)NS(=O)(=O)c1c(C)cc(OC)c(C)c1C. The van der Waals surface area contributed by atoms with Crippen molar-refractivity contribution < 1.29 is 18.3 Å². The van der Waals surface area contributed by atoms with E-state index < -0.39 is 28.1 Å². The summed E-state index contributed by atoms with van der Waals surface area (Å²) in [6.07, 6.45) is 5.15. The van der Waals surface area contributed by atoms with E-state index in [1.165, 1.54) is 0 Å². The Morgan fingerprint density at radius 2 is 1.79 bits per heavy atom. The summed E-state index contributed by atoms with van der Waals surface area (Å²) in [7, 11) is -2.33. The monoisotopic (exact) mass is 415 g/mol. The normalized spacial score (nSPS) is 14.7. The predicted octanol–water partition coefficient (Wildman–Crippen LogP) is 3.14. The van der Waals surface area contributed by atoms with Gasteiger partial charge in [-0.15, -0.1) is 6.42 Å². The van der Waals surface area contributed by atoms with Crippen molar-refractivity contribution in [2.24, 2.45) is 5.92 Å². The van der Waals surface area contributed by atoms with Crippen LogP contribution in [0, 0.1) is 39.0 Å². The molecular formula is C23H29NO4S. The van der Waals surface area contributed by atoms with Crippen LogP contribution < -0.4 is 9.46 Å². The highest BCUT2D eigenvalue weighted by molar-refractivity contribution is 7.89. The smallest absolute Gasteiger partial charge is 0.241 e. The van der Waals surface area contributed by atoms with Crippen molar-refractivity contribution in [3.8, 4) is 18.1 Å². The third kappa shape index (κ3) is 5.18. The minimum Gasteiger partial charge on any atom is -0.496 e. The van der Waals surface area contributed by atoms with Crippen LogP contribution in [0.1, 0.15) is 29.2 Å². The first-order valence-electron chi connectivity index (χ1n) is 9.47. The zero-order chi connectivity index (χ0) is 21.8. The number of nitrogens with one attached hydrogen (secondary N) is 1. The van der Waals surface area contributed by atoms with E-state index >= 15 is 0 Å². The van der Waals surface area contributed by atoms with Crippen molar-refractivity contribution in [1.82, 2.24) is 4.72 Å². The van der Waals surface area contributed by atoms with Gasteiger partial charge in [-0.05, 0) is 62.4 Å². The van der Waals surface area contributed by atoms with E-state index in [-0.39, 0.29) is 4.90 Å². The van der Waals surface area contributed by atoms with E-state index in [2.05, 4.69) is 10.6 Å². The number of terminal acetylenes is 1. The van der Waals surface area contributed by atoms with E-state index in [0.717, 1.165) is 11.1 Å². The molecule has 2 N–H and O–H groups in total. The second-order valence-electron chi connectivity index (χ2n) is 7.33. The van der Waals surface area contributed by atoms with Gasteiger partial charge in [-0.25, -0.2) is 13.1 Å². The maximum Gasteiger partial charge on any atom is 0.241 e. The first-order valence-corrected chi connectivity index (χ1v) is 11.0. The fraction of sp³-hybridized carbons (Fsp3) is 0.391. The summed E-state index contributed by atoms with van der Waals surface area (Å²) in [4.78, 5) is 0.218. The number of aliphatic hydroxyl groups is 1. The van der Waals surface area contributed by atoms with Gasteiger partial charge in [-0.3, -0.25) is 0 Å². The highest BCUT2D eigenvalue weighted by Gasteiger charge is 2.31. The van der Waals surface area contributed by atoms with Gasteiger partial charge in [0.25, 0.3) is 0 Å². The lowest BCUT2D eigenvalue weighted by Gasteiger charge is -2.27. The maximum atomic E-state index is 13.4. The lowest BCUT2D eigenvalue weighted by atomic mass is 9.91. The first-order chi connectivity index (χ1) is 13.6. The fourth-order valence-electron chi connectivity index (χ4n) is 3.61. The highest BCUT2D eigenvalue weighted by Crippen LogP contribution is 2.31. The Hall–Kier alpha value is -2.33. The number of ether oxygens (including phenoxy) is 1. The Bertz CT molecular complexity index is 992. The van der Waals surface area contributed by atoms with E-state index in [1.54, 1.807) is 33.9 Å². The summed E-state index contributed by atoms with van der Waals surface area (Å²) >= 11 is 0. The molecule has 3 atom stereocenters. The number of aliphatic hydroxyl groups excluding tert-OH is 1. The van der Waals surface area contributed by atoms with Gasteiger partial charge in [-0.1, -0.05) is 36.3 Å². The maximum absolute atomic E-state index is 13.4. The largest absolute Gasteiger partial charge is 0.496 e. The van der Waals surface area contributed by atoms with Crippen LogP contribution in [-0.2, 0) is 16.4 Å². The van der Waals surface area contributed by atoms with Gasteiger partial charge in [0.15, 0.2) is 0 Å². The van der Waals surface area contributed by atoms with Crippen LogP contribution in [-0.4, -0.2) is 32.8 Å². The summed E-state index contributed by atoms with van der Waals surface area (Å²) in [5.74, 6) is 2.53. The molecule has 0 fully saturated rings. The number of methoxy groups -OCH3 is 1. The van der Waals surface area contributed by atoms with Crippen molar-refractivity contribution in [3.05, 3.63) is 58.7 Å². The van der Waals surface area contributed by atoms with E-state index in [4.69, 9.17) is 11.2 Å². The molecule has 0 aromatic heterocycles. The van der Waals surface area contributed by atoms with Crippen LogP contribution in [0.2, 0.25) is 0 Å². The minimum absolute atomic E-state index is 0.218. The Labute approximate surface area is 174 Å². The molecule has 29 heavy (non-hydrogen) atoms. The summed E-state index contributed by atoms with van der Waals surface area (Å²) in [5, 5.41) is 10.2. The van der Waals surface area contributed by atoms with Crippen molar-refractivity contribution >= 4 is 10.0 Å².